The van der Waals surface area contributed by atoms with Gasteiger partial charge < -0.3 is 4.74 Å². The molecule has 26 heavy (non-hydrogen) atoms. The molecule has 0 aliphatic heterocycles. The molecule has 0 aliphatic rings. The van der Waals surface area contributed by atoms with Crippen LogP contribution in [0.4, 0.5) is 0 Å². The third kappa shape index (κ3) is 3.41. The zero-order valence-corrected chi connectivity index (χ0v) is 16.1. The van der Waals surface area contributed by atoms with Crippen molar-refractivity contribution in [3.63, 3.8) is 0 Å². The average molecular weight is 386 g/mol. The lowest BCUT2D eigenvalue weighted by Crippen LogP contribution is -2.23. The number of ether oxygens (including phenoxy) is 1. The average Bonchev–Trinajstić information content (AvgIpc) is 2.61. The van der Waals surface area contributed by atoms with Gasteiger partial charge in [0, 0.05) is 5.02 Å². The van der Waals surface area contributed by atoms with Crippen molar-refractivity contribution in [1.82, 2.24) is 9.55 Å². The fourth-order valence-electron chi connectivity index (χ4n) is 2.59. The number of hydrogen-bond donors (Lipinski definition) is 0. The molecular weight excluding hydrogens is 370 g/mol. The predicted molar refractivity (Wildman–Crippen MR) is 105 cm³/mol. The first-order valence-corrected chi connectivity index (χ1v) is 9.14. The Hall–Kier alpha value is -2.49. The highest BCUT2D eigenvalue weighted by atomic mass is 35.5. The lowest BCUT2D eigenvalue weighted by Gasteiger charge is -2.17. The highest BCUT2D eigenvalue weighted by Gasteiger charge is 2.18. The summed E-state index contributed by atoms with van der Waals surface area (Å²) in [5, 5.41) is 10.2. The van der Waals surface area contributed by atoms with Crippen LogP contribution in [0.3, 0.4) is 0 Å². The minimum absolute atomic E-state index is 0.233. The predicted octanol–water partition coefficient (Wildman–Crippen LogP) is 4.36. The molecule has 3 rings (SSSR count). The second-order valence-corrected chi connectivity index (χ2v) is 7.51. The first-order chi connectivity index (χ1) is 12.4. The number of aromatic nitrogens is 2. The number of nitrogens with zero attached hydrogens (tertiary/aromatic N) is 3. The Bertz CT molecular complexity index is 1090. The maximum Gasteiger partial charge on any atom is 0.266 e. The van der Waals surface area contributed by atoms with Crippen molar-refractivity contribution >= 4 is 34.3 Å². The van der Waals surface area contributed by atoms with E-state index < -0.39 is 0 Å². The third-order valence-electron chi connectivity index (χ3n) is 3.84. The number of hydrogen-bond acceptors (Lipinski definition) is 5. The van der Waals surface area contributed by atoms with Gasteiger partial charge in [-0.05, 0) is 49.7 Å². The van der Waals surface area contributed by atoms with E-state index in [1.165, 1.54) is 16.3 Å². The minimum Gasteiger partial charge on any atom is -0.495 e. The summed E-state index contributed by atoms with van der Waals surface area (Å²) in [5.74, 6) is 0.555. The molecule has 0 radical (unpaired) electrons. The van der Waals surface area contributed by atoms with Gasteiger partial charge in [-0.2, -0.15) is 5.26 Å². The Morgan fingerprint density at radius 1 is 1.31 bits per heavy atom. The Balaban J connectivity index is 2.39. The van der Waals surface area contributed by atoms with Gasteiger partial charge >= 0.3 is 0 Å². The van der Waals surface area contributed by atoms with Crippen molar-refractivity contribution < 1.29 is 4.74 Å². The van der Waals surface area contributed by atoms with Gasteiger partial charge in [-0.15, -0.1) is 0 Å². The van der Waals surface area contributed by atoms with E-state index in [1.54, 1.807) is 32.2 Å². The van der Waals surface area contributed by atoms with Crippen LogP contribution < -0.4 is 10.3 Å². The molecule has 1 aromatic heterocycles. The van der Waals surface area contributed by atoms with Crippen LogP contribution in [0.2, 0.25) is 5.02 Å². The molecule has 1 atom stereocenters. The highest BCUT2D eigenvalue weighted by molar-refractivity contribution is 8.00. The zero-order valence-electron chi connectivity index (χ0n) is 14.5. The molecule has 2 aromatic carbocycles. The summed E-state index contributed by atoms with van der Waals surface area (Å²) in [6, 6.07) is 12.7. The molecule has 0 N–H and O–H groups in total. The van der Waals surface area contributed by atoms with Crippen molar-refractivity contribution in [2.24, 2.45) is 0 Å². The Kier molecular flexibility index (Phi) is 5.21. The van der Waals surface area contributed by atoms with Crippen molar-refractivity contribution in [3.05, 3.63) is 57.3 Å². The third-order valence-corrected chi connectivity index (χ3v) is 5.02. The fraction of sp³-hybridized carbons (Fsp3) is 0.211. The number of thioether (sulfide) groups is 1. The number of aryl methyl sites for hydroxylation is 1. The summed E-state index contributed by atoms with van der Waals surface area (Å²) in [6.45, 7) is 3.70. The van der Waals surface area contributed by atoms with Gasteiger partial charge in [0.15, 0.2) is 5.16 Å². The van der Waals surface area contributed by atoms with Crippen molar-refractivity contribution in [3.8, 4) is 17.5 Å². The number of benzene rings is 2. The molecule has 0 spiro atoms. The fourth-order valence-corrected chi connectivity index (χ4v) is 3.56. The molecular formula is C19H16ClN3O2S. The standard InChI is InChI=1S/C19H16ClN3O2S/c1-11-4-7-17(25-3)16(8-11)23-18(24)14-6-5-13(20)9-15(14)22-19(23)26-12(2)10-21/h4-9,12H,1-3H3. The summed E-state index contributed by atoms with van der Waals surface area (Å²) in [7, 11) is 1.55. The number of fused-ring (bicyclic) bond motifs is 1. The van der Waals surface area contributed by atoms with E-state index in [1.807, 2.05) is 25.1 Å². The highest BCUT2D eigenvalue weighted by Crippen LogP contribution is 2.30. The van der Waals surface area contributed by atoms with Gasteiger partial charge in [-0.25, -0.2) is 4.98 Å². The lowest BCUT2D eigenvalue weighted by atomic mass is 10.2. The van der Waals surface area contributed by atoms with E-state index in [9.17, 15) is 10.1 Å². The van der Waals surface area contributed by atoms with E-state index in [-0.39, 0.29) is 10.8 Å². The van der Waals surface area contributed by atoms with Crippen molar-refractivity contribution in [2.45, 2.75) is 24.3 Å². The molecule has 5 nitrogen and oxygen atoms in total. The molecule has 0 amide bonds. The maximum absolute atomic E-state index is 13.2. The molecule has 0 saturated heterocycles. The van der Waals surface area contributed by atoms with Gasteiger partial charge in [0.25, 0.3) is 5.56 Å². The molecule has 3 aromatic rings. The first kappa shape index (κ1) is 18.3. The van der Waals surface area contributed by atoms with Gasteiger partial charge in [-0.1, -0.05) is 29.4 Å². The Labute approximate surface area is 160 Å². The first-order valence-electron chi connectivity index (χ1n) is 7.88. The van der Waals surface area contributed by atoms with Crippen LogP contribution in [0, 0.1) is 18.3 Å². The van der Waals surface area contributed by atoms with Crippen LogP contribution in [-0.2, 0) is 0 Å². The van der Waals surface area contributed by atoms with Crippen LogP contribution >= 0.6 is 23.4 Å². The molecule has 0 bridgehead atoms. The van der Waals surface area contributed by atoms with Crippen LogP contribution in [0.25, 0.3) is 16.6 Å². The normalized spacial score (nSPS) is 12.0. The van der Waals surface area contributed by atoms with Gasteiger partial charge in [0.05, 0.1) is 35.0 Å². The SMILES string of the molecule is COc1ccc(C)cc1-n1c(SC(C)C#N)nc2cc(Cl)ccc2c1=O. The summed E-state index contributed by atoms with van der Waals surface area (Å²) in [4.78, 5) is 17.8. The van der Waals surface area contributed by atoms with E-state index in [0.717, 1.165) is 5.56 Å². The molecule has 7 heteroatoms. The van der Waals surface area contributed by atoms with Crippen molar-refractivity contribution in [2.75, 3.05) is 7.11 Å². The van der Waals surface area contributed by atoms with Gasteiger partial charge in [0.1, 0.15) is 5.75 Å². The molecule has 1 unspecified atom stereocenters. The Morgan fingerprint density at radius 3 is 2.77 bits per heavy atom. The van der Waals surface area contributed by atoms with E-state index >= 15 is 0 Å². The second-order valence-electron chi connectivity index (χ2n) is 5.76. The minimum atomic E-state index is -0.374. The van der Waals surface area contributed by atoms with Gasteiger partial charge in [0.2, 0.25) is 0 Å². The van der Waals surface area contributed by atoms with Crippen LogP contribution in [0.1, 0.15) is 12.5 Å². The maximum atomic E-state index is 13.2. The number of halogens is 1. The lowest BCUT2D eigenvalue weighted by molar-refractivity contribution is 0.411. The van der Waals surface area contributed by atoms with Crippen molar-refractivity contribution in [1.29, 1.82) is 5.26 Å². The summed E-state index contributed by atoms with van der Waals surface area (Å²) < 4.78 is 6.94. The Morgan fingerprint density at radius 2 is 2.08 bits per heavy atom. The number of methoxy groups -OCH3 is 1. The monoisotopic (exact) mass is 385 g/mol. The smallest absolute Gasteiger partial charge is 0.266 e. The van der Waals surface area contributed by atoms with Crippen LogP contribution in [-0.4, -0.2) is 21.9 Å². The molecule has 0 aliphatic carbocycles. The molecule has 1 heterocycles. The second kappa shape index (κ2) is 7.40. The molecule has 0 fully saturated rings. The summed E-state index contributed by atoms with van der Waals surface area (Å²) >= 11 is 7.27. The quantitative estimate of drug-likeness (QED) is 0.493. The van der Waals surface area contributed by atoms with E-state index in [2.05, 4.69) is 11.1 Å². The zero-order chi connectivity index (χ0) is 18.8. The topological polar surface area (TPSA) is 67.9 Å². The summed E-state index contributed by atoms with van der Waals surface area (Å²) in [6.07, 6.45) is 0. The largest absolute Gasteiger partial charge is 0.495 e. The van der Waals surface area contributed by atoms with E-state index in [4.69, 9.17) is 16.3 Å². The molecule has 132 valence electrons. The van der Waals surface area contributed by atoms with Crippen LogP contribution in [0.5, 0.6) is 5.75 Å². The summed E-state index contributed by atoms with van der Waals surface area (Å²) in [5.41, 5.74) is 1.84. The van der Waals surface area contributed by atoms with E-state index in [0.29, 0.717) is 32.5 Å². The van der Waals surface area contributed by atoms with Gasteiger partial charge in [-0.3, -0.25) is 9.36 Å². The number of rotatable bonds is 4. The molecule has 0 saturated carbocycles. The van der Waals surface area contributed by atoms with Crippen LogP contribution in [0.15, 0.2) is 46.3 Å². The number of nitriles is 1.